The zero-order valence-corrected chi connectivity index (χ0v) is 81.2. The average molecular weight is 1790 g/mol. The summed E-state index contributed by atoms with van der Waals surface area (Å²) in [5, 5.41) is 0. The fourth-order valence-electron chi connectivity index (χ4n) is 16.3. The molecule has 131 heavy (non-hydrogen) atoms. The van der Waals surface area contributed by atoms with Crippen LogP contribution in [0.15, 0.2) is 320 Å². The lowest BCUT2D eigenvalue weighted by Gasteiger charge is -2.32. The van der Waals surface area contributed by atoms with Crippen molar-refractivity contribution in [2.45, 2.75) is 184 Å². The Labute approximate surface area is 785 Å². The lowest BCUT2D eigenvalue weighted by atomic mass is 9.75. The van der Waals surface area contributed by atoms with Gasteiger partial charge in [0.15, 0.2) is 34.9 Å². The summed E-state index contributed by atoms with van der Waals surface area (Å²) in [6.45, 7) is 45.9. The van der Waals surface area contributed by atoms with Crippen molar-refractivity contribution in [2.24, 2.45) is 0 Å². The number of ether oxygens (including phenoxy) is 1. The first kappa shape index (κ1) is 93.1. The maximum absolute atomic E-state index is 6.73. The number of hydrogen-bond donors (Lipinski definition) is 0. The van der Waals surface area contributed by atoms with Crippen LogP contribution in [-0.4, -0.2) is 71.4 Å². The molecule has 0 spiro atoms. The van der Waals surface area contributed by atoms with Gasteiger partial charge in [-0.3, -0.25) is 9.97 Å². The molecule has 0 amide bonds. The van der Waals surface area contributed by atoms with E-state index in [1.807, 2.05) is 57.2 Å². The predicted octanol–water partition coefficient (Wildman–Crippen LogP) is 30.2. The smallest absolute Gasteiger partial charge is 0.399 e. The number of hydrogen-bond acceptors (Lipinski definition) is 11. The summed E-state index contributed by atoms with van der Waals surface area (Å²) in [6, 6.07) is 111. The third-order valence-electron chi connectivity index (χ3n) is 24.7. The molecule has 4 aromatic heterocycles. The highest BCUT2D eigenvalue weighted by molar-refractivity contribution is 9.10. The fraction of sp³-hybridized carbons (Fsp3) is 0.254. The van der Waals surface area contributed by atoms with Gasteiger partial charge in [-0.15, -0.1) is 0 Å². The fourth-order valence-corrected chi connectivity index (χ4v) is 16.5. The van der Waals surface area contributed by atoms with Gasteiger partial charge in [-0.05, 0) is 248 Å². The van der Waals surface area contributed by atoms with Gasteiger partial charge in [-0.25, -0.2) is 29.9 Å². The summed E-state index contributed by atoms with van der Waals surface area (Å²) in [6.07, 6.45) is 2.56. The molecule has 18 rings (SSSR count). The Morgan fingerprint density at radius 3 is 0.824 bits per heavy atom. The molecule has 12 aromatic carbocycles. The molecule has 0 bridgehead atoms. The van der Waals surface area contributed by atoms with Crippen LogP contribution < -0.4 is 5.46 Å². The first-order valence-corrected chi connectivity index (χ1v) is 46.5. The summed E-state index contributed by atoms with van der Waals surface area (Å²) >= 11 is 3.37. The van der Waals surface area contributed by atoms with Gasteiger partial charge in [0.25, 0.3) is 0 Å². The van der Waals surface area contributed by atoms with E-state index in [-0.39, 0.29) is 21.7 Å². The standard InChI is InChI=1S/C54H50N4.C53H54BN3O2.C7H8BrN.C4H8O/c1-35-27-28-45(36(2)55-35)41-29-39(40-32-43(53(3,4)5)34-44(33-40)54(6,7)8)30-42(31-41)50-56-51(48-25-17-15-23-46(48)37-19-11-9-12-20-37)58-52(57-50)49-26-18-16-24-47(49)38-21-13-10-14-22-38;1-50(2,3)40-30-38(31-41(34-40)51(4,5)6)37-29-39(33-42(32-37)54-58-52(7,8)53(9,10)59-54)47-55-48(45-27-19-17-25-43(45)35-21-13-11-14-22-35)57-49(56-47)46-28-20-18-26-44(46)36-23-15-12-16-24-36;1-5-3-4-7(8)6(2)9-5;1-2-4-5-3-1/h9-34H,1-8H3;11-34H,1-10H3;3-4H,1-2H3;1-4H2. The highest BCUT2D eigenvalue weighted by atomic mass is 79.9. The molecule has 0 saturated carbocycles. The zero-order chi connectivity index (χ0) is 92.7. The SMILES string of the molecule is C1CCOC1.CC(C)(C)c1cc(-c2cc(B3OC(C)(C)C(C)(C)O3)cc(-c3nc(-c4ccccc4-c4ccccc4)nc(-c4ccccc4-c4ccccc4)n3)c2)cc(C(C)(C)C)c1.Cc1ccc(-c2cc(-c3cc(C(C)(C)C)cc(C(C)(C)C)c3)cc(-c3nc(-c4ccccc4-c4ccccc4)nc(-c4ccccc4-c4ccccc4)n3)c2)c(C)n1.Cc1ccc(Br)c(C)n1. The highest BCUT2D eigenvalue weighted by Crippen LogP contribution is 2.45. The van der Waals surface area contributed by atoms with E-state index in [2.05, 4.69) is 418 Å². The van der Waals surface area contributed by atoms with Crippen molar-refractivity contribution in [1.82, 2.24) is 39.9 Å². The average Bonchev–Trinajstić information content (AvgIpc) is 1.73. The number of nitrogens with zero attached hydrogens (tertiary/aromatic N) is 8. The maximum Gasteiger partial charge on any atom is 0.494 e. The van der Waals surface area contributed by atoms with Crippen LogP contribution in [0.3, 0.4) is 0 Å². The Morgan fingerprint density at radius 1 is 0.252 bits per heavy atom. The molecule has 660 valence electrons. The van der Waals surface area contributed by atoms with Crippen molar-refractivity contribution in [1.29, 1.82) is 0 Å². The van der Waals surface area contributed by atoms with Crippen molar-refractivity contribution < 1.29 is 14.0 Å². The molecular weight excluding hydrogens is 1670 g/mol. The number of pyridine rings is 2. The van der Waals surface area contributed by atoms with E-state index < -0.39 is 18.3 Å². The third kappa shape index (κ3) is 22.2. The number of rotatable bonds is 14. The molecule has 11 nitrogen and oxygen atoms in total. The van der Waals surface area contributed by atoms with E-state index >= 15 is 0 Å². The lowest BCUT2D eigenvalue weighted by molar-refractivity contribution is 0.00578. The second kappa shape index (κ2) is 39.2. The van der Waals surface area contributed by atoms with Gasteiger partial charge in [0.1, 0.15) is 0 Å². The van der Waals surface area contributed by atoms with Gasteiger partial charge in [0.2, 0.25) is 0 Å². The Balaban J connectivity index is 0.000000174. The molecule has 0 N–H and O–H groups in total. The minimum absolute atomic E-state index is 0.0375. The summed E-state index contributed by atoms with van der Waals surface area (Å²) in [5.74, 6) is 3.60. The van der Waals surface area contributed by atoms with Crippen LogP contribution in [-0.2, 0) is 35.7 Å². The van der Waals surface area contributed by atoms with Crippen molar-refractivity contribution in [3.8, 4) is 146 Å². The van der Waals surface area contributed by atoms with Gasteiger partial charge in [-0.1, -0.05) is 356 Å². The number of benzene rings is 12. The first-order chi connectivity index (χ1) is 62.5. The third-order valence-corrected chi connectivity index (χ3v) is 25.6. The van der Waals surface area contributed by atoms with Gasteiger partial charge < -0.3 is 14.0 Å². The molecule has 0 unspecified atom stereocenters. The van der Waals surface area contributed by atoms with Gasteiger partial charge >= 0.3 is 7.12 Å². The van der Waals surface area contributed by atoms with Crippen molar-refractivity contribution >= 4 is 28.5 Å². The van der Waals surface area contributed by atoms with Crippen LogP contribution >= 0.6 is 15.9 Å². The minimum Gasteiger partial charge on any atom is -0.399 e. The van der Waals surface area contributed by atoms with Crippen LogP contribution in [0, 0.1) is 27.7 Å². The van der Waals surface area contributed by atoms with Gasteiger partial charge in [0, 0.05) is 73.7 Å². The molecule has 2 aliphatic heterocycles. The summed E-state index contributed by atoms with van der Waals surface area (Å²) < 4.78 is 19.5. The van der Waals surface area contributed by atoms with Gasteiger partial charge in [0.05, 0.1) is 16.9 Å². The molecule has 6 heterocycles. The van der Waals surface area contributed by atoms with Crippen LogP contribution in [0.2, 0.25) is 0 Å². The maximum atomic E-state index is 6.73. The molecule has 13 heteroatoms. The van der Waals surface area contributed by atoms with Crippen molar-refractivity contribution in [3.05, 3.63) is 365 Å². The Hall–Kier alpha value is -12.6. The van der Waals surface area contributed by atoms with E-state index in [9.17, 15) is 0 Å². The minimum atomic E-state index is -0.593. The van der Waals surface area contributed by atoms with E-state index in [4.69, 9.17) is 48.9 Å². The van der Waals surface area contributed by atoms with Crippen molar-refractivity contribution in [3.63, 3.8) is 0 Å². The highest BCUT2D eigenvalue weighted by Gasteiger charge is 2.52. The molecular formula is C118H120BBrN8O3. The van der Waals surface area contributed by atoms with E-state index in [1.54, 1.807) is 0 Å². The topological polar surface area (TPSA) is 131 Å². The quantitative estimate of drug-likeness (QED) is 0.0964. The summed E-state index contributed by atoms with van der Waals surface area (Å²) in [7, 11) is -0.593. The molecule has 0 radical (unpaired) electrons. The predicted molar refractivity (Wildman–Crippen MR) is 550 cm³/mol. The summed E-state index contributed by atoms with van der Waals surface area (Å²) in [4.78, 5) is 41.2. The van der Waals surface area contributed by atoms with E-state index in [1.165, 1.54) is 35.1 Å². The van der Waals surface area contributed by atoms with E-state index in [0.717, 1.165) is 157 Å². The molecule has 0 atom stereocenters. The first-order valence-electron chi connectivity index (χ1n) is 45.7. The Kier molecular flexibility index (Phi) is 27.9. The number of aromatic nitrogens is 8. The van der Waals surface area contributed by atoms with Crippen LogP contribution in [0.25, 0.3) is 146 Å². The van der Waals surface area contributed by atoms with Crippen LogP contribution in [0.5, 0.6) is 0 Å². The zero-order valence-electron chi connectivity index (χ0n) is 79.6. The summed E-state index contributed by atoms with van der Waals surface area (Å²) in [5.41, 5.74) is 29.6. The van der Waals surface area contributed by atoms with Crippen LogP contribution in [0.4, 0.5) is 0 Å². The molecule has 2 aliphatic rings. The molecule has 0 aliphatic carbocycles. The second-order valence-electron chi connectivity index (χ2n) is 39.5. The van der Waals surface area contributed by atoms with Crippen LogP contribution in [0.1, 0.15) is 169 Å². The Bertz CT molecular complexity index is 6450. The monoisotopic (exact) mass is 1790 g/mol. The van der Waals surface area contributed by atoms with Crippen molar-refractivity contribution in [2.75, 3.05) is 13.2 Å². The molecule has 16 aromatic rings. The Morgan fingerprint density at radius 2 is 0.519 bits per heavy atom. The molecule has 2 fully saturated rings. The van der Waals surface area contributed by atoms with E-state index in [0.29, 0.717) is 34.9 Å². The molecule has 2 saturated heterocycles. The van der Waals surface area contributed by atoms with Gasteiger partial charge in [-0.2, -0.15) is 0 Å². The number of halogens is 1. The normalized spacial score (nSPS) is 13.6. The lowest BCUT2D eigenvalue weighted by Crippen LogP contribution is -2.41. The second-order valence-corrected chi connectivity index (χ2v) is 40.4. The largest absolute Gasteiger partial charge is 0.494 e. The number of aryl methyl sites for hydroxylation is 4.